The summed E-state index contributed by atoms with van der Waals surface area (Å²) in [5, 5.41) is 0. The molecular formula is C17H27N2O2. The highest BCUT2D eigenvalue weighted by molar-refractivity contribution is 5.78. The summed E-state index contributed by atoms with van der Waals surface area (Å²) in [4.78, 5) is 18.6. The molecule has 1 unspecified atom stereocenters. The summed E-state index contributed by atoms with van der Waals surface area (Å²) in [6, 6.07) is 4.11. The summed E-state index contributed by atoms with van der Waals surface area (Å²) in [7, 11) is 1.69. The number of aromatic nitrogens is 1. The fourth-order valence-corrected chi connectivity index (χ4v) is 2.39. The Bertz CT molecular complexity index is 407. The van der Waals surface area contributed by atoms with Gasteiger partial charge in [-0.05, 0) is 30.9 Å². The van der Waals surface area contributed by atoms with Gasteiger partial charge in [0, 0.05) is 44.6 Å². The summed E-state index contributed by atoms with van der Waals surface area (Å²) in [5.41, 5.74) is 1.14. The number of rotatable bonds is 9. The topological polar surface area (TPSA) is 42.4 Å². The first kappa shape index (κ1) is 17.6. The van der Waals surface area contributed by atoms with Gasteiger partial charge in [0.05, 0.1) is 0 Å². The Morgan fingerprint density at radius 1 is 1.48 bits per heavy atom. The fraction of sp³-hybridized carbons (Fsp3) is 0.588. The zero-order valence-corrected chi connectivity index (χ0v) is 13.4. The summed E-state index contributed by atoms with van der Waals surface area (Å²) in [6.07, 6.45) is 5.97. The first-order chi connectivity index (χ1) is 10.1. The Hall–Kier alpha value is -1.42. The van der Waals surface area contributed by atoms with Gasteiger partial charge in [-0.25, -0.2) is 0 Å². The molecule has 0 aliphatic heterocycles. The molecule has 1 aromatic rings. The van der Waals surface area contributed by atoms with Crippen LogP contribution in [0, 0.1) is 12.8 Å². The van der Waals surface area contributed by atoms with E-state index in [0.29, 0.717) is 13.2 Å². The van der Waals surface area contributed by atoms with E-state index in [-0.39, 0.29) is 17.9 Å². The van der Waals surface area contributed by atoms with Gasteiger partial charge in [-0.3, -0.25) is 9.78 Å². The number of carbonyl (C=O) groups excluding carboxylic acids is 1. The van der Waals surface area contributed by atoms with Gasteiger partial charge in [0.25, 0.3) is 0 Å². The molecule has 1 heterocycles. The third kappa shape index (κ3) is 5.84. The molecular weight excluding hydrogens is 264 g/mol. The van der Waals surface area contributed by atoms with E-state index >= 15 is 0 Å². The minimum Gasteiger partial charge on any atom is -0.385 e. The van der Waals surface area contributed by atoms with Crippen molar-refractivity contribution in [2.75, 3.05) is 20.3 Å². The molecule has 0 saturated carbocycles. The van der Waals surface area contributed by atoms with Crippen LogP contribution in [0.2, 0.25) is 0 Å². The monoisotopic (exact) mass is 291 g/mol. The predicted octanol–water partition coefficient (Wildman–Crippen LogP) is 2.74. The van der Waals surface area contributed by atoms with Crippen LogP contribution >= 0.6 is 0 Å². The summed E-state index contributed by atoms with van der Waals surface area (Å²) < 4.78 is 5.21. The second-order valence-electron chi connectivity index (χ2n) is 5.54. The van der Waals surface area contributed by atoms with Crippen molar-refractivity contribution in [1.29, 1.82) is 0 Å². The molecule has 1 aromatic heterocycles. The van der Waals surface area contributed by atoms with Crippen LogP contribution in [-0.2, 0) is 16.0 Å². The number of nitrogens with zero attached hydrogens (tertiary/aromatic N) is 2. The van der Waals surface area contributed by atoms with Crippen molar-refractivity contribution in [3.63, 3.8) is 0 Å². The van der Waals surface area contributed by atoms with Gasteiger partial charge in [-0.15, -0.1) is 0 Å². The molecule has 0 aromatic carbocycles. The number of hydrogen-bond acceptors (Lipinski definition) is 3. The van der Waals surface area contributed by atoms with Gasteiger partial charge in [0.15, 0.2) is 0 Å². The number of pyridine rings is 1. The summed E-state index contributed by atoms with van der Waals surface area (Å²) in [5.74, 6) is 0.180. The molecule has 117 valence electrons. The van der Waals surface area contributed by atoms with Crippen LogP contribution in [-0.4, -0.2) is 42.1 Å². The molecule has 1 atom stereocenters. The maximum Gasteiger partial charge on any atom is 0.225 e. The lowest BCUT2D eigenvalue weighted by molar-refractivity contribution is -0.137. The van der Waals surface area contributed by atoms with E-state index < -0.39 is 0 Å². The smallest absolute Gasteiger partial charge is 0.225 e. The van der Waals surface area contributed by atoms with Gasteiger partial charge in [0.2, 0.25) is 5.91 Å². The highest BCUT2D eigenvalue weighted by atomic mass is 16.5. The Morgan fingerprint density at radius 3 is 2.76 bits per heavy atom. The molecule has 0 N–H and O–H groups in total. The van der Waals surface area contributed by atoms with Crippen molar-refractivity contribution >= 4 is 5.91 Å². The van der Waals surface area contributed by atoms with Crippen LogP contribution in [0.15, 0.2) is 24.5 Å². The average Bonchev–Trinajstić information content (AvgIpc) is 2.49. The van der Waals surface area contributed by atoms with Crippen molar-refractivity contribution < 1.29 is 9.53 Å². The second kappa shape index (κ2) is 9.50. The third-order valence-electron chi connectivity index (χ3n) is 3.47. The summed E-state index contributed by atoms with van der Waals surface area (Å²) >= 11 is 0. The van der Waals surface area contributed by atoms with Gasteiger partial charge in [-0.1, -0.05) is 26.8 Å². The number of amides is 1. The molecule has 0 spiro atoms. The van der Waals surface area contributed by atoms with Crippen LogP contribution in [0.1, 0.15) is 32.3 Å². The Balaban J connectivity index is 2.88. The zero-order valence-electron chi connectivity index (χ0n) is 13.4. The number of carbonyl (C=O) groups is 1. The van der Waals surface area contributed by atoms with E-state index in [9.17, 15) is 4.79 Å². The highest BCUT2D eigenvalue weighted by Crippen LogP contribution is 2.16. The molecule has 0 fully saturated rings. The molecule has 0 aliphatic carbocycles. The molecule has 1 amide bonds. The van der Waals surface area contributed by atoms with Gasteiger partial charge < -0.3 is 9.64 Å². The number of methoxy groups -OCH3 is 1. The lowest BCUT2D eigenvalue weighted by atomic mass is 10.0. The predicted molar refractivity (Wildman–Crippen MR) is 84.7 cm³/mol. The lowest BCUT2D eigenvalue weighted by Gasteiger charge is -2.33. The van der Waals surface area contributed by atoms with Crippen LogP contribution < -0.4 is 0 Å². The minimum absolute atomic E-state index is 0.00417. The Labute approximate surface area is 128 Å². The van der Waals surface area contributed by atoms with E-state index in [1.165, 1.54) is 0 Å². The standard InChI is InChI=1S/C17H27N2O2/c1-5-10-19(17(20)14(2)3)16(8-11-21-4)12-15-7-6-9-18-13-15/h6-7,9,13-14,16H,1,5,8,10-12H2,2-4H3. The van der Waals surface area contributed by atoms with Gasteiger partial charge in [-0.2, -0.15) is 0 Å². The van der Waals surface area contributed by atoms with E-state index in [2.05, 4.69) is 18.0 Å². The average molecular weight is 291 g/mol. The Kier molecular flexibility index (Phi) is 7.98. The van der Waals surface area contributed by atoms with Crippen molar-refractivity contribution in [1.82, 2.24) is 9.88 Å². The molecule has 21 heavy (non-hydrogen) atoms. The van der Waals surface area contributed by atoms with Crippen LogP contribution in [0.4, 0.5) is 0 Å². The first-order valence-electron chi connectivity index (χ1n) is 7.57. The summed E-state index contributed by atoms with van der Waals surface area (Å²) in [6.45, 7) is 9.11. The maximum atomic E-state index is 12.5. The Morgan fingerprint density at radius 2 is 2.24 bits per heavy atom. The first-order valence-corrected chi connectivity index (χ1v) is 7.57. The number of ether oxygens (including phenoxy) is 1. The SMILES string of the molecule is [CH2]CCN(C(=O)C(C)C)C(CCOC)Cc1cccnc1. The molecule has 0 bridgehead atoms. The molecule has 0 saturated heterocycles. The zero-order chi connectivity index (χ0) is 15.7. The fourth-order valence-electron chi connectivity index (χ4n) is 2.39. The third-order valence-corrected chi connectivity index (χ3v) is 3.47. The quantitative estimate of drug-likeness (QED) is 0.702. The molecule has 4 nitrogen and oxygen atoms in total. The molecule has 1 rings (SSSR count). The van der Waals surface area contributed by atoms with E-state index in [1.54, 1.807) is 13.3 Å². The van der Waals surface area contributed by atoms with Crippen LogP contribution in [0.25, 0.3) is 0 Å². The van der Waals surface area contributed by atoms with Gasteiger partial charge >= 0.3 is 0 Å². The molecule has 1 radical (unpaired) electrons. The van der Waals surface area contributed by atoms with E-state index in [1.807, 2.05) is 31.0 Å². The number of hydrogen-bond donors (Lipinski definition) is 0. The van der Waals surface area contributed by atoms with Gasteiger partial charge in [0.1, 0.15) is 0 Å². The maximum absolute atomic E-state index is 12.5. The largest absolute Gasteiger partial charge is 0.385 e. The van der Waals surface area contributed by atoms with Crippen molar-refractivity contribution in [3.05, 3.63) is 37.0 Å². The highest BCUT2D eigenvalue weighted by Gasteiger charge is 2.25. The molecule has 0 aliphatic rings. The lowest BCUT2D eigenvalue weighted by Crippen LogP contribution is -2.44. The second-order valence-corrected chi connectivity index (χ2v) is 5.54. The molecule has 4 heteroatoms. The van der Waals surface area contributed by atoms with E-state index in [4.69, 9.17) is 4.74 Å². The van der Waals surface area contributed by atoms with E-state index in [0.717, 1.165) is 24.8 Å². The van der Waals surface area contributed by atoms with Crippen molar-refractivity contribution in [3.8, 4) is 0 Å². The van der Waals surface area contributed by atoms with Crippen molar-refractivity contribution in [2.24, 2.45) is 5.92 Å². The van der Waals surface area contributed by atoms with Crippen LogP contribution in [0.5, 0.6) is 0 Å². The minimum atomic E-state index is -0.00417. The normalized spacial score (nSPS) is 12.4. The van der Waals surface area contributed by atoms with Crippen molar-refractivity contribution in [2.45, 2.75) is 39.2 Å². The van der Waals surface area contributed by atoms with Crippen LogP contribution in [0.3, 0.4) is 0 Å².